The van der Waals surface area contributed by atoms with E-state index >= 15 is 0 Å². The molecule has 0 bridgehead atoms. The Morgan fingerprint density at radius 1 is 1.22 bits per heavy atom. The molecule has 32 heavy (non-hydrogen) atoms. The molecule has 0 aromatic carbocycles. The predicted octanol–water partition coefficient (Wildman–Crippen LogP) is 3.32. The molecule has 174 valence electrons. The smallest absolute Gasteiger partial charge is 0.331 e. The lowest BCUT2D eigenvalue weighted by atomic mass is 9.91. The van der Waals surface area contributed by atoms with Gasteiger partial charge in [-0.05, 0) is 64.3 Å². The first-order valence-electron chi connectivity index (χ1n) is 12.0. The molecular weight excluding hydrogens is 404 g/mol. The van der Waals surface area contributed by atoms with Gasteiger partial charge < -0.3 is 19.1 Å². The molecule has 1 aliphatic heterocycles. The molecule has 1 fully saturated rings. The largest absolute Gasteiger partial charge is 0.429 e. The average Bonchev–Trinajstić information content (AvgIpc) is 3.41. The first kappa shape index (κ1) is 22.8. The maximum Gasteiger partial charge on any atom is 0.331 e. The van der Waals surface area contributed by atoms with Gasteiger partial charge in [0.2, 0.25) is 5.91 Å². The van der Waals surface area contributed by atoms with Gasteiger partial charge in [-0.15, -0.1) is 0 Å². The summed E-state index contributed by atoms with van der Waals surface area (Å²) in [6.07, 6.45) is 13.0. The van der Waals surface area contributed by atoms with Crippen molar-refractivity contribution < 1.29 is 14.3 Å². The number of ether oxygens (including phenoxy) is 1. The van der Waals surface area contributed by atoms with E-state index in [2.05, 4.69) is 37.0 Å². The molecule has 1 unspecified atom stereocenters. The summed E-state index contributed by atoms with van der Waals surface area (Å²) in [4.78, 5) is 33.9. The van der Waals surface area contributed by atoms with Crippen LogP contribution in [0.3, 0.4) is 0 Å². The summed E-state index contributed by atoms with van der Waals surface area (Å²) >= 11 is 0. The van der Waals surface area contributed by atoms with Crippen LogP contribution in [0.4, 0.5) is 0 Å². The number of carbonyl (C=O) groups is 2. The molecule has 0 radical (unpaired) electrons. The summed E-state index contributed by atoms with van der Waals surface area (Å²) in [6.45, 7) is 3.87. The Hall–Kier alpha value is -2.41. The fourth-order valence-electron chi connectivity index (χ4n) is 5.17. The van der Waals surface area contributed by atoms with E-state index in [4.69, 9.17) is 4.74 Å². The number of aromatic nitrogens is 2. The molecule has 0 N–H and O–H groups in total. The summed E-state index contributed by atoms with van der Waals surface area (Å²) in [5, 5.41) is 0. The molecule has 7 heteroatoms. The minimum absolute atomic E-state index is 0.119. The van der Waals surface area contributed by atoms with Crippen LogP contribution in [0, 0.1) is 5.92 Å². The van der Waals surface area contributed by atoms with Crippen molar-refractivity contribution in [2.24, 2.45) is 5.92 Å². The molecule has 1 aromatic heterocycles. The van der Waals surface area contributed by atoms with Crippen LogP contribution in [0.15, 0.2) is 35.4 Å². The zero-order valence-corrected chi connectivity index (χ0v) is 19.7. The van der Waals surface area contributed by atoms with Crippen molar-refractivity contribution in [3.63, 3.8) is 0 Å². The summed E-state index contributed by atoms with van der Waals surface area (Å²) < 4.78 is 7.56. The van der Waals surface area contributed by atoms with Crippen LogP contribution >= 0.6 is 0 Å². The molecule has 0 spiro atoms. The number of allylic oxidation sites excluding steroid dienone is 4. The Balaban J connectivity index is 1.27. The zero-order chi connectivity index (χ0) is 22.7. The van der Waals surface area contributed by atoms with E-state index in [0.29, 0.717) is 18.9 Å². The van der Waals surface area contributed by atoms with Crippen molar-refractivity contribution in [3.05, 3.63) is 41.2 Å². The highest BCUT2D eigenvalue weighted by atomic mass is 16.5. The number of likely N-dealkylation sites (tertiary alicyclic amines) is 1. The highest BCUT2D eigenvalue weighted by molar-refractivity contribution is 5.76. The number of piperidine rings is 1. The van der Waals surface area contributed by atoms with Gasteiger partial charge in [0, 0.05) is 50.3 Å². The quantitative estimate of drug-likeness (QED) is 0.609. The van der Waals surface area contributed by atoms with E-state index in [1.807, 2.05) is 9.47 Å². The van der Waals surface area contributed by atoms with E-state index in [1.165, 1.54) is 24.0 Å². The Bertz CT molecular complexity index is 906. The molecule has 1 saturated heterocycles. The number of hydrogen-bond donors (Lipinski definition) is 0. The molecule has 2 aliphatic carbocycles. The normalized spacial score (nSPS) is 21.7. The summed E-state index contributed by atoms with van der Waals surface area (Å²) in [5.41, 5.74) is 2.90. The number of esters is 1. The standard InChI is InChI=1S/C25H36N4O3/c1-18-15-19-5-4-6-20(19)16-22(18)32-25(31)17-29-14-11-26-23(29)7-8-24(30)28-12-9-21(10-13-28)27(2)3/h11,14,16,18,21H,4-10,12-13,15,17H2,1-3H3. The van der Waals surface area contributed by atoms with Crippen LogP contribution in [0.1, 0.15) is 57.7 Å². The van der Waals surface area contributed by atoms with Gasteiger partial charge in [0.05, 0.1) is 0 Å². The molecule has 2 heterocycles. The van der Waals surface area contributed by atoms with Crippen molar-refractivity contribution in [1.29, 1.82) is 0 Å². The van der Waals surface area contributed by atoms with Gasteiger partial charge in [-0.2, -0.15) is 0 Å². The molecule has 1 atom stereocenters. The van der Waals surface area contributed by atoms with Crippen LogP contribution in [0.2, 0.25) is 0 Å². The number of rotatable bonds is 7. The van der Waals surface area contributed by atoms with Gasteiger partial charge >= 0.3 is 5.97 Å². The number of carbonyl (C=O) groups excluding carboxylic acids is 2. The van der Waals surface area contributed by atoms with Crippen LogP contribution in [0.5, 0.6) is 0 Å². The van der Waals surface area contributed by atoms with Gasteiger partial charge in [-0.1, -0.05) is 12.5 Å². The minimum atomic E-state index is -0.276. The highest BCUT2D eigenvalue weighted by Crippen LogP contribution is 2.38. The fourth-order valence-corrected chi connectivity index (χ4v) is 5.17. The van der Waals surface area contributed by atoms with Crippen molar-refractivity contribution in [3.8, 4) is 0 Å². The molecule has 1 amide bonds. The van der Waals surface area contributed by atoms with Gasteiger partial charge in [-0.3, -0.25) is 4.79 Å². The van der Waals surface area contributed by atoms with Crippen molar-refractivity contribution in [2.75, 3.05) is 27.2 Å². The first-order valence-corrected chi connectivity index (χ1v) is 12.0. The number of imidazole rings is 1. The lowest BCUT2D eigenvalue weighted by Crippen LogP contribution is -2.44. The molecule has 3 aliphatic rings. The van der Waals surface area contributed by atoms with Crippen molar-refractivity contribution >= 4 is 11.9 Å². The Kier molecular flexibility index (Phi) is 7.13. The molecule has 1 aromatic rings. The predicted molar refractivity (Wildman–Crippen MR) is 123 cm³/mol. The minimum Gasteiger partial charge on any atom is -0.429 e. The van der Waals surface area contributed by atoms with E-state index < -0.39 is 0 Å². The lowest BCUT2D eigenvalue weighted by molar-refractivity contribution is -0.141. The van der Waals surface area contributed by atoms with E-state index in [0.717, 1.165) is 50.4 Å². The van der Waals surface area contributed by atoms with Crippen LogP contribution < -0.4 is 0 Å². The van der Waals surface area contributed by atoms with Crippen LogP contribution in [-0.2, 0) is 27.3 Å². The number of amides is 1. The monoisotopic (exact) mass is 440 g/mol. The Labute approximate surface area is 191 Å². The highest BCUT2D eigenvalue weighted by Gasteiger charge is 2.26. The third kappa shape index (κ3) is 5.31. The average molecular weight is 441 g/mol. The Morgan fingerprint density at radius 2 is 2.00 bits per heavy atom. The van der Waals surface area contributed by atoms with Gasteiger partial charge in [0.1, 0.15) is 18.1 Å². The molecule has 7 nitrogen and oxygen atoms in total. The second-order valence-corrected chi connectivity index (χ2v) is 9.66. The number of nitrogens with zero attached hydrogens (tertiary/aromatic N) is 4. The van der Waals surface area contributed by atoms with Gasteiger partial charge in [0.15, 0.2) is 0 Å². The van der Waals surface area contributed by atoms with E-state index in [-0.39, 0.29) is 24.3 Å². The third-order valence-corrected chi connectivity index (χ3v) is 7.18. The van der Waals surface area contributed by atoms with E-state index in [9.17, 15) is 9.59 Å². The molecule has 4 rings (SSSR count). The molecular formula is C25H36N4O3. The SMILES string of the molecule is CC1CC2=C(C=C1OC(=O)Cn1ccnc1CCC(=O)N1CCC(N(C)C)CC1)CCC2. The second-order valence-electron chi connectivity index (χ2n) is 9.66. The summed E-state index contributed by atoms with van der Waals surface area (Å²) in [6, 6.07) is 0.558. The van der Waals surface area contributed by atoms with Crippen LogP contribution in [0.25, 0.3) is 0 Å². The topological polar surface area (TPSA) is 67.7 Å². The fraction of sp³-hybridized carbons (Fsp3) is 0.640. The summed E-state index contributed by atoms with van der Waals surface area (Å²) in [7, 11) is 4.20. The zero-order valence-electron chi connectivity index (χ0n) is 19.7. The van der Waals surface area contributed by atoms with Crippen molar-refractivity contribution in [2.45, 2.75) is 70.9 Å². The Morgan fingerprint density at radius 3 is 2.75 bits per heavy atom. The lowest BCUT2D eigenvalue weighted by Gasteiger charge is -2.35. The maximum atomic E-state index is 12.7. The van der Waals surface area contributed by atoms with Crippen molar-refractivity contribution in [1.82, 2.24) is 19.4 Å². The number of aryl methyl sites for hydroxylation is 1. The first-order chi connectivity index (χ1) is 15.4. The van der Waals surface area contributed by atoms with Crippen LogP contribution in [-0.4, -0.2) is 64.5 Å². The second kappa shape index (κ2) is 10.0. The summed E-state index contributed by atoms with van der Waals surface area (Å²) in [5.74, 6) is 1.67. The third-order valence-electron chi connectivity index (χ3n) is 7.18. The van der Waals surface area contributed by atoms with Gasteiger partial charge in [-0.25, -0.2) is 9.78 Å². The number of hydrogen-bond acceptors (Lipinski definition) is 5. The van der Waals surface area contributed by atoms with Gasteiger partial charge in [0.25, 0.3) is 0 Å². The maximum absolute atomic E-state index is 12.7. The van der Waals surface area contributed by atoms with E-state index in [1.54, 1.807) is 12.4 Å². The molecule has 0 saturated carbocycles.